The van der Waals surface area contributed by atoms with E-state index >= 15 is 0 Å². The molecule has 0 spiro atoms. The number of hydrogen-bond acceptors (Lipinski definition) is 4. The molecule has 4 heteroatoms. The fraction of sp³-hybridized carbons (Fsp3) is 0.208. The lowest BCUT2D eigenvalue weighted by atomic mass is 9.79. The molecule has 2 aliphatic rings. The number of rotatable bonds is 2. The van der Waals surface area contributed by atoms with Crippen LogP contribution in [0.5, 0.6) is 0 Å². The molecule has 1 aliphatic carbocycles. The Kier molecular flexibility index (Phi) is 4.36. The number of benzene rings is 2. The quantitative estimate of drug-likeness (QED) is 0.576. The third-order valence-corrected chi connectivity index (χ3v) is 6.90. The van der Waals surface area contributed by atoms with Gasteiger partial charge >= 0.3 is 0 Å². The number of aryl methyl sites for hydroxylation is 1. The molecule has 0 unspecified atom stereocenters. The summed E-state index contributed by atoms with van der Waals surface area (Å²) in [6, 6.07) is 20.6. The van der Waals surface area contributed by atoms with E-state index in [0.717, 1.165) is 22.0 Å². The molecule has 1 aromatic heterocycles. The van der Waals surface area contributed by atoms with Crippen molar-refractivity contribution >= 4 is 23.2 Å². The van der Waals surface area contributed by atoms with Crippen molar-refractivity contribution < 1.29 is 9.21 Å². The largest absolute Gasteiger partial charge is 0.468 e. The maximum absolute atomic E-state index is 13.4. The first kappa shape index (κ1) is 17.4. The zero-order valence-electron chi connectivity index (χ0n) is 15.6. The predicted octanol–water partition coefficient (Wildman–Crippen LogP) is 6.10. The second-order valence-electron chi connectivity index (χ2n) is 7.46. The standard InChI is InChI=1S/C24H21NO2S/c1-15-8-10-16(11-9-15)17-13-19-23(20(26)14-17)24(21-6-4-12-27-21)28-22-7-3-2-5-18(22)25-19/h2-13,17,23-25H,14H2,1H3/t17-,23+,24-/m1/s1. The van der Waals surface area contributed by atoms with Crippen molar-refractivity contribution in [2.24, 2.45) is 5.92 Å². The van der Waals surface area contributed by atoms with Crippen LogP contribution < -0.4 is 5.32 Å². The number of nitrogens with one attached hydrogen (secondary N) is 1. The summed E-state index contributed by atoms with van der Waals surface area (Å²) in [5.41, 5.74) is 4.45. The molecule has 1 aliphatic heterocycles. The number of thioether (sulfide) groups is 1. The molecule has 0 saturated heterocycles. The third kappa shape index (κ3) is 3.08. The molecule has 3 nitrogen and oxygen atoms in total. The van der Waals surface area contributed by atoms with Gasteiger partial charge in [-0.05, 0) is 36.8 Å². The minimum absolute atomic E-state index is 0.0659. The van der Waals surface area contributed by atoms with Gasteiger partial charge in [0.1, 0.15) is 11.5 Å². The molecule has 1 N–H and O–H groups in total. The Labute approximate surface area is 168 Å². The van der Waals surface area contributed by atoms with E-state index in [2.05, 4.69) is 54.7 Å². The van der Waals surface area contributed by atoms with E-state index in [9.17, 15) is 4.79 Å². The van der Waals surface area contributed by atoms with Crippen molar-refractivity contribution in [3.05, 3.63) is 95.6 Å². The van der Waals surface area contributed by atoms with E-state index in [1.54, 1.807) is 18.0 Å². The van der Waals surface area contributed by atoms with Gasteiger partial charge in [-0.25, -0.2) is 0 Å². The highest BCUT2D eigenvalue weighted by Gasteiger charge is 2.41. The average Bonchev–Trinajstić information content (AvgIpc) is 3.17. The van der Waals surface area contributed by atoms with Crippen molar-refractivity contribution in [3.63, 3.8) is 0 Å². The predicted molar refractivity (Wildman–Crippen MR) is 112 cm³/mol. The maximum Gasteiger partial charge on any atom is 0.144 e. The van der Waals surface area contributed by atoms with Crippen LogP contribution in [0.3, 0.4) is 0 Å². The Morgan fingerprint density at radius 3 is 2.64 bits per heavy atom. The first-order valence-electron chi connectivity index (χ1n) is 9.56. The average molecular weight is 388 g/mol. The van der Waals surface area contributed by atoms with E-state index in [-0.39, 0.29) is 22.9 Å². The van der Waals surface area contributed by atoms with Gasteiger partial charge in [-0.3, -0.25) is 4.79 Å². The van der Waals surface area contributed by atoms with Crippen molar-refractivity contribution in [2.45, 2.75) is 29.4 Å². The van der Waals surface area contributed by atoms with Crippen molar-refractivity contribution in [3.8, 4) is 0 Å². The molecule has 140 valence electrons. The fourth-order valence-electron chi connectivity index (χ4n) is 4.08. The minimum atomic E-state index is -0.231. The molecular weight excluding hydrogens is 366 g/mol. The van der Waals surface area contributed by atoms with E-state index in [0.29, 0.717) is 6.42 Å². The number of fused-ring (bicyclic) bond motifs is 2. The Morgan fingerprint density at radius 2 is 1.86 bits per heavy atom. The lowest BCUT2D eigenvalue weighted by Gasteiger charge is -2.30. The van der Waals surface area contributed by atoms with Crippen molar-refractivity contribution in [1.29, 1.82) is 0 Å². The topological polar surface area (TPSA) is 42.2 Å². The number of para-hydroxylation sites is 1. The number of anilines is 1. The Balaban J connectivity index is 1.61. The maximum atomic E-state index is 13.4. The van der Waals surface area contributed by atoms with Crippen LogP contribution in [0, 0.1) is 12.8 Å². The third-order valence-electron chi connectivity index (χ3n) is 5.54. The molecule has 0 saturated carbocycles. The first-order chi connectivity index (χ1) is 13.7. The highest BCUT2D eigenvalue weighted by molar-refractivity contribution is 7.99. The van der Waals surface area contributed by atoms with Gasteiger partial charge in [0, 0.05) is 22.9 Å². The van der Waals surface area contributed by atoms with Crippen LogP contribution in [0.4, 0.5) is 5.69 Å². The minimum Gasteiger partial charge on any atom is -0.468 e. The smallest absolute Gasteiger partial charge is 0.144 e. The van der Waals surface area contributed by atoms with E-state index in [1.807, 2.05) is 24.3 Å². The van der Waals surface area contributed by atoms with E-state index in [4.69, 9.17) is 4.42 Å². The number of carbonyl (C=O) groups excluding carboxylic acids is 1. The van der Waals surface area contributed by atoms with Crippen LogP contribution in [0.25, 0.3) is 0 Å². The second-order valence-corrected chi connectivity index (χ2v) is 8.65. The van der Waals surface area contributed by atoms with Crippen LogP contribution in [0.1, 0.15) is 34.5 Å². The van der Waals surface area contributed by atoms with Crippen LogP contribution in [0.15, 0.2) is 88.0 Å². The molecule has 0 amide bonds. The summed E-state index contributed by atoms with van der Waals surface area (Å²) < 4.78 is 5.74. The highest BCUT2D eigenvalue weighted by atomic mass is 32.2. The molecule has 3 atom stereocenters. The first-order valence-corrected chi connectivity index (χ1v) is 10.4. The SMILES string of the molecule is Cc1ccc([C@@H]2C=C3Nc4ccccc4S[C@H](c4ccco4)[C@@H]3C(=O)C2)cc1. The highest BCUT2D eigenvalue weighted by Crippen LogP contribution is 2.51. The summed E-state index contributed by atoms with van der Waals surface area (Å²) in [5, 5.41) is 3.51. The second kappa shape index (κ2) is 7.02. The molecule has 0 radical (unpaired) electrons. The van der Waals surface area contributed by atoms with Crippen LogP contribution in [-0.4, -0.2) is 5.78 Å². The summed E-state index contributed by atoms with van der Waals surface area (Å²) in [7, 11) is 0. The molecule has 3 aromatic rings. The lowest BCUT2D eigenvalue weighted by Crippen LogP contribution is -2.30. The normalized spacial score (nSPS) is 23.8. The zero-order valence-corrected chi connectivity index (χ0v) is 16.4. The fourth-order valence-corrected chi connectivity index (χ4v) is 5.45. The number of carbonyl (C=O) groups is 1. The van der Waals surface area contributed by atoms with Gasteiger partial charge in [0.25, 0.3) is 0 Å². The molecule has 2 heterocycles. The Hall–Kier alpha value is -2.72. The molecule has 0 bridgehead atoms. The van der Waals surface area contributed by atoms with Gasteiger partial charge in [-0.1, -0.05) is 48.0 Å². The number of allylic oxidation sites excluding steroid dienone is 2. The van der Waals surface area contributed by atoms with Crippen LogP contribution in [0.2, 0.25) is 0 Å². The lowest BCUT2D eigenvalue weighted by molar-refractivity contribution is -0.122. The summed E-state index contributed by atoms with van der Waals surface area (Å²) >= 11 is 1.71. The van der Waals surface area contributed by atoms with Crippen molar-refractivity contribution in [2.75, 3.05) is 5.32 Å². The number of Topliss-reactive ketones (excluding diaryl/α,β-unsaturated/α-hetero) is 1. The number of ketones is 1. The van der Waals surface area contributed by atoms with Gasteiger partial charge in [0.15, 0.2) is 0 Å². The Bertz CT molecular complexity index is 1040. The Morgan fingerprint density at radius 1 is 1.04 bits per heavy atom. The van der Waals surface area contributed by atoms with Crippen LogP contribution in [-0.2, 0) is 4.79 Å². The molecule has 28 heavy (non-hydrogen) atoms. The van der Waals surface area contributed by atoms with Crippen LogP contribution >= 0.6 is 11.8 Å². The number of hydrogen-bond donors (Lipinski definition) is 1. The summed E-state index contributed by atoms with van der Waals surface area (Å²) in [6.07, 6.45) is 4.45. The van der Waals surface area contributed by atoms with Gasteiger partial charge in [0.05, 0.1) is 23.1 Å². The monoisotopic (exact) mass is 387 g/mol. The van der Waals surface area contributed by atoms with Gasteiger partial charge < -0.3 is 9.73 Å². The summed E-state index contributed by atoms with van der Waals surface area (Å²) in [4.78, 5) is 14.5. The van der Waals surface area contributed by atoms with Gasteiger partial charge in [-0.2, -0.15) is 0 Å². The summed E-state index contributed by atoms with van der Waals surface area (Å²) in [6.45, 7) is 2.08. The van der Waals surface area contributed by atoms with Crippen molar-refractivity contribution in [1.82, 2.24) is 0 Å². The van der Waals surface area contributed by atoms with E-state index in [1.165, 1.54) is 11.1 Å². The number of furan rings is 1. The molecule has 0 fully saturated rings. The molecular formula is C24H21NO2S. The molecule has 2 aromatic carbocycles. The summed E-state index contributed by atoms with van der Waals surface area (Å²) in [5.74, 6) is 0.975. The van der Waals surface area contributed by atoms with Gasteiger partial charge in [-0.15, -0.1) is 11.8 Å². The van der Waals surface area contributed by atoms with E-state index < -0.39 is 0 Å². The zero-order chi connectivity index (χ0) is 19.1. The van der Waals surface area contributed by atoms with Gasteiger partial charge in [0.2, 0.25) is 0 Å². The molecule has 5 rings (SSSR count).